The van der Waals surface area contributed by atoms with Crippen LogP contribution in [0.2, 0.25) is 4.47 Å². The number of hydrogen-bond acceptors (Lipinski definition) is 4. The maximum atomic E-state index is 5.86. The van der Waals surface area contributed by atoms with E-state index in [1.807, 2.05) is 42.5 Å². The zero-order valence-corrected chi connectivity index (χ0v) is 15.5. The number of rotatable bonds is 5. The van der Waals surface area contributed by atoms with E-state index in [4.69, 9.17) is 16.3 Å². The molecule has 0 aliphatic rings. The monoisotopic (exact) mass is 408 g/mol. The molecule has 0 amide bonds. The van der Waals surface area contributed by atoms with E-state index in [2.05, 4.69) is 33.2 Å². The topological polar surface area (TPSA) is 34.1 Å². The molecule has 0 bridgehead atoms. The van der Waals surface area contributed by atoms with E-state index < -0.39 is 0 Å². The van der Waals surface area contributed by atoms with E-state index in [-0.39, 0.29) is 0 Å². The second-order valence-corrected chi connectivity index (χ2v) is 7.58. The molecule has 0 unspecified atom stereocenters. The van der Waals surface area contributed by atoms with Crippen molar-refractivity contribution in [1.29, 1.82) is 0 Å². The summed E-state index contributed by atoms with van der Waals surface area (Å²) in [7, 11) is 0. The average Bonchev–Trinajstić information content (AvgIpc) is 2.94. The molecule has 23 heavy (non-hydrogen) atoms. The Labute approximate surface area is 152 Å². The summed E-state index contributed by atoms with van der Waals surface area (Å²) in [5.41, 5.74) is 2.19. The van der Waals surface area contributed by atoms with Gasteiger partial charge in [0.1, 0.15) is 11.5 Å². The third-order valence-electron chi connectivity index (χ3n) is 3.23. The first kappa shape index (κ1) is 16.3. The van der Waals surface area contributed by atoms with E-state index in [0.717, 1.165) is 32.1 Å². The van der Waals surface area contributed by atoms with Crippen LogP contribution in [-0.2, 0) is 6.54 Å². The molecule has 0 aliphatic carbocycles. The van der Waals surface area contributed by atoms with Crippen LogP contribution in [0.3, 0.4) is 0 Å². The molecule has 118 valence electrons. The molecule has 3 aromatic rings. The number of benzene rings is 2. The van der Waals surface area contributed by atoms with Gasteiger partial charge < -0.3 is 10.1 Å². The van der Waals surface area contributed by atoms with Crippen molar-refractivity contribution in [1.82, 2.24) is 4.98 Å². The quantitative estimate of drug-likeness (QED) is 0.539. The third-order valence-corrected chi connectivity index (χ3v) is 4.87. The van der Waals surface area contributed by atoms with Crippen molar-refractivity contribution < 1.29 is 4.74 Å². The largest absolute Gasteiger partial charge is 0.457 e. The molecule has 0 fully saturated rings. The van der Waals surface area contributed by atoms with Crippen LogP contribution >= 0.6 is 38.9 Å². The molecule has 0 aliphatic heterocycles. The SMILES string of the molecule is Cc1cc(Oc2ccc(Br)cc2)ccc1NCc1cnc(Cl)s1. The fourth-order valence-corrected chi connectivity index (χ4v) is 3.27. The molecule has 3 nitrogen and oxygen atoms in total. The summed E-state index contributed by atoms with van der Waals surface area (Å²) in [6.45, 7) is 2.76. The highest BCUT2D eigenvalue weighted by Crippen LogP contribution is 2.27. The van der Waals surface area contributed by atoms with E-state index in [1.165, 1.54) is 11.3 Å². The lowest BCUT2D eigenvalue weighted by atomic mass is 10.2. The Morgan fingerprint density at radius 3 is 2.57 bits per heavy atom. The van der Waals surface area contributed by atoms with E-state index in [0.29, 0.717) is 11.0 Å². The van der Waals surface area contributed by atoms with Gasteiger partial charge >= 0.3 is 0 Å². The number of halogens is 2. The first-order valence-corrected chi connectivity index (χ1v) is 8.97. The van der Waals surface area contributed by atoms with Gasteiger partial charge in [0, 0.05) is 21.2 Å². The molecule has 0 saturated heterocycles. The number of hydrogen-bond donors (Lipinski definition) is 1. The van der Waals surface area contributed by atoms with Crippen molar-refractivity contribution in [3.63, 3.8) is 0 Å². The van der Waals surface area contributed by atoms with Crippen LogP contribution in [0.4, 0.5) is 5.69 Å². The molecule has 0 spiro atoms. The summed E-state index contributed by atoms with van der Waals surface area (Å²) >= 11 is 10.7. The normalized spacial score (nSPS) is 10.6. The van der Waals surface area contributed by atoms with Crippen molar-refractivity contribution in [2.24, 2.45) is 0 Å². The smallest absolute Gasteiger partial charge is 0.183 e. The van der Waals surface area contributed by atoms with Crippen LogP contribution < -0.4 is 10.1 Å². The fraction of sp³-hybridized carbons (Fsp3) is 0.118. The van der Waals surface area contributed by atoms with Gasteiger partial charge in [-0.3, -0.25) is 0 Å². The molecule has 0 saturated carbocycles. The molecular formula is C17H14BrClN2OS. The van der Waals surface area contributed by atoms with Gasteiger partial charge in [0.05, 0.1) is 6.54 Å². The van der Waals surface area contributed by atoms with Gasteiger partial charge in [-0.1, -0.05) is 27.5 Å². The van der Waals surface area contributed by atoms with E-state index in [9.17, 15) is 0 Å². The summed E-state index contributed by atoms with van der Waals surface area (Å²) < 4.78 is 7.46. The van der Waals surface area contributed by atoms with E-state index in [1.54, 1.807) is 6.20 Å². The number of anilines is 1. The Hall–Kier alpha value is -1.56. The zero-order chi connectivity index (χ0) is 16.2. The van der Waals surface area contributed by atoms with Gasteiger partial charge in [-0.05, 0) is 55.0 Å². The van der Waals surface area contributed by atoms with Crippen molar-refractivity contribution in [3.8, 4) is 11.5 Å². The van der Waals surface area contributed by atoms with Gasteiger partial charge in [0.2, 0.25) is 0 Å². The Morgan fingerprint density at radius 1 is 1.17 bits per heavy atom. The molecule has 6 heteroatoms. The molecule has 1 N–H and O–H groups in total. The molecule has 0 radical (unpaired) electrons. The highest BCUT2D eigenvalue weighted by molar-refractivity contribution is 9.10. The number of nitrogens with zero attached hydrogens (tertiary/aromatic N) is 1. The van der Waals surface area contributed by atoms with Crippen molar-refractivity contribution in [2.45, 2.75) is 13.5 Å². The summed E-state index contributed by atoms with van der Waals surface area (Å²) in [5, 5.41) is 3.39. The van der Waals surface area contributed by atoms with Crippen LogP contribution in [0.5, 0.6) is 11.5 Å². The zero-order valence-electron chi connectivity index (χ0n) is 12.3. The predicted molar refractivity (Wildman–Crippen MR) is 99.8 cm³/mol. The molecule has 1 heterocycles. The first-order chi connectivity index (χ1) is 11.1. The number of aryl methyl sites for hydroxylation is 1. The molecule has 1 aromatic heterocycles. The minimum atomic E-state index is 0.566. The first-order valence-electron chi connectivity index (χ1n) is 6.98. The van der Waals surface area contributed by atoms with Crippen LogP contribution in [0, 0.1) is 6.92 Å². The average molecular weight is 410 g/mol. The van der Waals surface area contributed by atoms with Crippen LogP contribution in [0.25, 0.3) is 0 Å². The van der Waals surface area contributed by atoms with E-state index >= 15 is 0 Å². The van der Waals surface area contributed by atoms with Crippen molar-refractivity contribution in [3.05, 3.63) is 68.0 Å². The van der Waals surface area contributed by atoms with Gasteiger partial charge in [-0.25, -0.2) is 4.98 Å². The Balaban J connectivity index is 1.66. The Kier molecular flexibility index (Phi) is 5.20. The second-order valence-electron chi connectivity index (χ2n) is 4.97. The second kappa shape index (κ2) is 7.34. The van der Waals surface area contributed by atoms with Crippen molar-refractivity contribution in [2.75, 3.05) is 5.32 Å². The maximum Gasteiger partial charge on any atom is 0.183 e. The molecule has 2 aromatic carbocycles. The standard InChI is InChI=1S/C17H14BrClN2OS/c1-11-8-14(22-13-4-2-12(18)3-5-13)6-7-16(11)20-9-15-10-21-17(19)23-15/h2-8,10,20H,9H2,1H3. The summed E-state index contributed by atoms with van der Waals surface area (Å²) in [6, 6.07) is 13.8. The van der Waals surface area contributed by atoms with Crippen molar-refractivity contribution >= 4 is 44.6 Å². The number of aromatic nitrogens is 1. The summed E-state index contributed by atoms with van der Waals surface area (Å²) in [6.07, 6.45) is 1.79. The van der Waals surface area contributed by atoms with Gasteiger partial charge in [-0.2, -0.15) is 0 Å². The highest BCUT2D eigenvalue weighted by atomic mass is 79.9. The van der Waals surface area contributed by atoms with Crippen LogP contribution in [-0.4, -0.2) is 4.98 Å². The minimum absolute atomic E-state index is 0.566. The third kappa shape index (κ3) is 4.47. The number of thiazole rings is 1. The summed E-state index contributed by atoms with van der Waals surface area (Å²) in [5.74, 6) is 1.63. The lowest BCUT2D eigenvalue weighted by Crippen LogP contribution is -1.99. The van der Waals surface area contributed by atoms with Crippen LogP contribution in [0.15, 0.2) is 53.1 Å². The maximum absolute atomic E-state index is 5.86. The van der Waals surface area contributed by atoms with Crippen LogP contribution in [0.1, 0.15) is 10.4 Å². The summed E-state index contributed by atoms with van der Waals surface area (Å²) in [4.78, 5) is 5.14. The molecule has 3 rings (SSSR count). The lowest BCUT2D eigenvalue weighted by Gasteiger charge is -2.11. The van der Waals surface area contributed by atoms with Gasteiger partial charge in [0.15, 0.2) is 4.47 Å². The number of ether oxygens (including phenoxy) is 1. The fourth-order valence-electron chi connectivity index (χ4n) is 2.08. The number of nitrogens with one attached hydrogen (secondary N) is 1. The Bertz CT molecular complexity index is 805. The Morgan fingerprint density at radius 2 is 1.91 bits per heavy atom. The van der Waals surface area contributed by atoms with Gasteiger partial charge in [0.25, 0.3) is 0 Å². The minimum Gasteiger partial charge on any atom is -0.457 e. The molecule has 0 atom stereocenters. The highest BCUT2D eigenvalue weighted by Gasteiger charge is 2.04. The predicted octanol–water partition coefficient (Wildman–Crippen LogP) is 6.27. The lowest BCUT2D eigenvalue weighted by molar-refractivity contribution is 0.482. The molecular weight excluding hydrogens is 396 g/mol. The van der Waals surface area contributed by atoms with Gasteiger partial charge in [-0.15, -0.1) is 11.3 Å².